The van der Waals surface area contributed by atoms with Crippen molar-refractivity contribution in [2.24, 2.45) is 17.3 Å². The molecule has 2 amide bonds. The van der Waals surface area contributed by atoms with Crippen LogP contribution >= 0.6 is 0 Å². The van der Waals surface area contributed by atoms with E-state index in [1.54, 1.807) is 54.0 Å². The molecule has 0 unspecified atom stereocenters. The molecular weight excluding hydrogens is 715 g/mol. The van der Waals surface area contributed by atoms with Crippen LogP contribution in [0, 0.1) is 17.3 Å². The topological polar surface area (TPSA) is 175 Å². The number of fused-ring (bicyclic) bond motifs is 1. The average Bonchev–Trinajstić information content (AvgIpc) is 4.02. The first-order chi connectivity index (χ1) is 25.4. The monoisotopic (exact) mass is 767 g/mol. The molecule has 1 aromatic heterocycles. The molecule has 3 fully saturated rings. The number of rotatable bonds is 17. The van der Waals surface area contributed by atoms with Gasteiger partial charge in [-0.2, -0.15) is 0 Å². The number of sulfonamides is 1. The number of aromatic nitrogens is 1. The van der Waals surface area contributed by atoms with Crippen LogP contribution in [0.2, 0.25) is 0 Å². The van der Waals surface area contributed by atoms with Gasteiger partial charge in [0.1, 0.15) is 17.5 Å². The number of ether oxygens (including phenoxy) is 3. The Kier molecular flexibility index (Phi) is 12.2. The number of nitrogens with one attached hydrogen (secondary N) is 1. The van der Waals surface area contributed by atoms with Crippen molar-refractivity contribution in [3.63, 3.8) is 0 Å². The van der Waals surface area contributed by atoms with Gasteiger partial charge in [0.2, 0.25) is 27.7 Å². The summed E-state index contributed by atoms with van der Waals surface area (Å²) in [5.41, 5.74) is -1.23. The van der Waals surface area contributed by atoms with Crippen LogP contribution in [0.3, 0.4) is 0 Å². The molecule has 294 valence electrons. The maximum absolute atomic E-state index is 14.6. The number of methoxy groups -OCH3 is 1. The molecule has 1 aliphatic heterocycles. The van der Waals surface area contributed by atoms with E-state index < -0.39 is 67.9 Å². The van der Waals surface area contributed by atoms with Crippen LogP contribution in [0.15, 0.2) is 42.1 Å². The van der Waals surface area contributed by atoms with Crippen LogP contribution in [0.5, 0.6) is 11.6 Å². The Morgan fingerprint density at radius 2 is 1.83 bits per heavy atom. The molecule has 2 aromatic rings. The molecule has 1 N–H and O–H groups in total. The number of ketones is 2. The van der Waals surface area contributed by atoms with E-state index in [1.807, 2.05) is 25.1 Å². The van der Waals surface area contributed by atoms with Gasteiger partial charge in [-0.25, -0.2) is 13.4 Å². The van der Waals surface area contributed by atoms with Gasteiger partial charge in [0.15, 0.2) is 11.6 Å². The summed E-state index contributed by atoms with van der Waals surface area (Å²) in [7, 11) is -2.28. The third kappa shape index (κ3) is 9.85. The summed E-state index contributed by atoms with van der Waals surface area (Å²) in [5.74, 6) is -2.66. The van der Waals surface area contributed by atoms with Crippen LogP contribution in [0.25, 0.3) is 10.8 Å². The average molecular weight is 768 g/mol. The minimum absolute atomic E-state index is 0.00289. The van der Waals surface area contributed by atoms with E-state index in [0.717, 1.165) is 11.0 Å². The number of Topliss-reactive ketones (excluding diaryl/α,β-unsaturated/α-hetero) is 1. The summed E-state index contributed by atoms with van der Waals surface area (Å²) in [5, 5.41) is 0.899. The standard InChI is InChI=1S/C40H53N3O10S/c1-8-27-21-40(27,38(48)42-54(49,50)31-12-13-31)22-34(45)33-20-30(52-36-32-14-11-29(51-7)18-25(32)15-16-41-36)23-43(33)37(47)26(9-10-28(44)17-24(2)3)19-35(46)53-39(4,5)6/h11,14-18,26-27,30-31,33H,8-10,12-13,19-23H2,1-7H3,(H,42,48)/t26-,27-,30-,33+,40-/m1/s1. The number of carbonyl (C=O) groups is 5. The van der Waals surface area contributed by atoms with Gasteiger partial charge in [0, 0.05) is 36.8 Å². The van der Waals surface area contributed by atoms with Gasteiger partial charge in [0.25, 0.3) is 0 Å². The number of hydrogen-bond acceptors (Lipinski definition) is 11. The second-order valence-electron chi connectivity index (χ2n) is 16.2. The Hall–Kier alpha value is -4.33. The first-order valence-corrected chi connectivity index (χ1v) is 20.3. The summed E-state index contributed by atoms with van der Waals surface area (Å²) >= 11 is 0. The maximum atomic E-state index is 14.6. The van der Waals surface area contributed by atoms with E-state index >= 15 is 0 Å². The van der Waals surface area contributed by atoms with E-state index in [4.69, 9.17) is 14.2 Å². The summed E-state index contributed by atoms with van der Waals surface area (Å²) in [6.07, 6.45) is 3.80. The number of esters is 1. The van der Waals surface area contributed by atoms with Crippen molar-refractivity contribution in [3.05, 3.63) is 42.1 Å². The minimum atomic E-state index is -3.85. The predicted molar refractivity (Wildman–Crippen MR) is 201 cm³/mol. The zero-order valence-electron chi connectivity index (χ0n) is 32.3. The van der Waals surface area contributed by atoms with Crippen molar-refractivity contribution in [1.29, 1.82) is 0 Å². The molecule has 5 rings (SSSR count). The molecule has 14 heteroatoms. The molecule has 0 bridgehead atoms. The Balaban J connectivity index is 1.45. The second-order valence-corrected chi connectivity index (χ2v) is 18.1. The molecular formula is C40H53N3O10S. The molecule has 3 aliphatic rings. The van der Waals surface area contributed by atoms with Gasteiger partial charge in [-0.3, -0.25) is 28.7 Å². The van der Waals surface area contributed by atoms with Gasteiger partial charge >= 0.3 is 5.97 Å². The highest BCUT2D eigenvalue weighted by Gasteiger charge is 2.61. The highest BCUT2D eigenvalue weighted by atomic mass is 32.2. The van der Waals surface area contributed by atoms with Crippen LogP contribution < -0.4 is 14.2 Å². The number of hydrogen-bond donors (Lipinski definition) is 1. The Morgan fingerprint density at radius 1 is 1.11 bits per heavy atom. The molecule has 54 heavy (non-hydrogen) atoms. The molecule has 2 heterocycles. The summed E-state index contributed by atoms with van der Waals surface area (Å²) < 4.78 is 45.1. The third-order valence-electron chi connectivity index (χ3n) is 10.4. The van der Waals surface area contributed by atoms with Crippen LogP contribution in [-0.2, 0) is 38.7 Å². The predicted octanol–water partition coefficient (Wildman–Crippen LogP) is 5.24. The number of allylic oxidation sites excluding steroid dienone is 2. The van der Waals surface area contributed by atoms with Crippen molar-refractivity contribution in [2.45, 2.75) is 122 Å². The van der Waals surface area contributed by atoms with Crippen LogP contribution in [0.1, 0.15) is 99.3 Å². The van der Waals surface area contributed by atoms with E-state index in [9.17, 15) is 32.4 Å². The first kappa shape index (κ1) is 40.8. The summed E-state index contributed by atoms with van der Waals surface area (Å²) in [6.45, 7) is 10.6. The normalized spacial score (nSPS) is 22.9. The molecule has 5 atom stereocenters. The van der Waals surface area contributed by atoms with Gasteiger partial charge in [-0.05, 0) is 102 Å². The molecule has 13 nitrogen and oxygen atoms in total. The smallest absolute Gasteiger partial charge is 0.307 e. The lowest BCUT2D eigenvalue weighted by atomic mass is 9.90. The van der Waals surface area contributed by atoms with Gasteiger partial charge < -0.3 is 19.1 Å². The SMILES string of the molecule is CC[C@@H]1C[C@]1(CC(=O)[C@@H]1C[C@@H](Oc2nccc3cc(OC)ccc23)CN1C(=O)[C@H](CCC(=O)C=C(C)C)CC(=O)OC(C)(C)C)C(=O)NS(=O)(=O)C1CC1. The van der Waals surface area contributed by atoms with Crippen molar-refractivity contribution in [1.82, 2.24) is 14.6 Å². The molecule has 0 spiro atoms. The van der Waals surface area contributed by atoms with Crippen LogP contribution in [-0.4, -0.2) is 84.3 Å². The Bertz CT molecular complexity index is 1930. The highest BCUT2D eigenvalue weighted by Crippen LogP contribution is 2.58. The Labute approximate surface area is 317 Å². The van der Waals surface area contributed by atoms with E-state index in [0.29, 0.717) is 42.7 Å². The highest BCUT2D eigenvalue weighted by molar-refractivity contribution is 7.90. The molecule has 1 aromatic carbocycles. The zero-order chi connectivity index (χ0) is 39.6. The summed E-state index contributed by atoms with van der Waals surface area (Å²) in [4.78, 5) is 74.3. The zero-order valence-corrected chi connectivity index (χ0v) is 33.1. The van der Waals surface area contributed by atoms with E-state index in [-0.39, 0.29) is 50.4 Å². The lowest BCUT2D eigenvalue weighted by molar-refractivity contribution is -0.159. The third-order valence-corrected chi connectivity index (χ3v) is 12.2. The quantitative estimate of drug-likeness (QED) is 0.165. The fourth-order valence-corrected chi connectivity index (χ4v) is 8.78. The van der Waals surface area contributed by atoms with Gasteiger partial charge in [0.05, 0.1) is 36.8 Å². The van der Waals surface area contributed by atoms with Gasteiger partial charge in [-0.1, -0.05) is 18.9 Å². The lowest BCUT2D eigenvalue weighted by Crippen LogP contribution is -2.46. The largest absolute Gasteiger partial charge is 0.497 e. The van der Waals surface area contributed by atoms with E-state index in [2.05, 4.69) is 9.71 Å². The second kappa shape index (κ2) is 16.2. The number of benzene rings is 1. The number of nitrogens with zero attached hydrogens (tertiary/aromatic N) is 2. The first-order valence-electron chi connectivity index (χ1n) is 18.7. The fourth-order valence-electron chi connectivity index (χ4n) is 7.39. The molecule has 0 radical (unpaired) electrons. The Morgan fingerprint density at radius 3 is 2.44 bits per heavy atom. The molecule has 1 saturated heterocycles. The lowest BCUT2D eigenvalue weighted by Gasteiger charge is -2.29. The van der Waals surface area contributed by atoms with Gasteiger partial charge in [-0.15, -0.1) is 0 Å². The van der Waals surface area contributed by atoms with Crippen LogP contribution in [0.4, 0.5) is 0 Å². The number of carbonyl (C=O) groups excluding carboxylic acids is 5. The number of amides is 2. The van der Waals surface area contributed by atoms with E-state index in [1.165, 1.54) is 11.0 Å². The van der Waals surface area contributed by atoms with Crippen molar-refractivity contribution < 1.29 is 46.6 Å². The van der Waals surface area contributed by atoms with Crippen molar-refractivity contribution in [3.8, 4) is 11.6 Å². The fraction of sp³-hybridized carbons (Fsp3) is 0.600. The van der Waals surface area contributed by atoms with Crippen molar-refractivity contribution in [2.75, 3.05) is 13.7 Å². The molecule has 2 saturated carbocycles. The van der Waals surface area contributed by atoms with Crippen molar-refractivity contribution >= 4 is 50.1 Å². The summed E-state index contributed by atoms with van der Waals surface area (Å²) in [6, 6.07) is 6.20. The minimum Gasteiger partial charge on any atom is -0.497 e. The maximum Gasteiger partial charge on any atom is 0.307 e. The number of pyridine rings is 1. The number of likely N-dealkylation sites (tertiary alicyclic amines) is 1. The molecule has 2 aliphatic carbocycles.